The van der Waals surface area contributed by atoms with Crippen molar-refractivity contribution in [2.75, 3.05) is 33.2 Å². The topological polar surface area (TPSA) is 44.8 Å². The Morgan fingerprint density at radius 3 is 2.72 bits per heavy atom. The van der Waals surface area contributed by atoms with Crippen LogP contribution < -0.4 is 5.32 Å². The average Bonchev–Trinajstić information content (AvgIpc) is 3.23. The fourth-order valence-corrected chi connectivity index (χ4v) is 4.94. The standard InChI is InChI=1S/C22H28FN3O2S/c1-25-15-20(21(27)24-13-19-3-2-12-29-19)28-22(16-25)8-10-26(11-9-22)14-17-4-6-18(23)7-5-17/h2-7,12,20H,8-11,13-16H2,1H3,(H,24,27)/t20-/m0/s1. The summed E-state index contributed by atoms with van der Waals surface area (Å²) in [6.45, 7) is 4.67. The molecule has 2 fully saturated rings. The van der Waals surface area contributed by atoms with Crippen LogP contribution in [0.5, 0.6) is 0 Å². The largest absolute Gasteiger partial charge is 0.359 e. The molecule has 1 aromatic heterocycles. The van der Waals surface area contributed by atoms with Crippen LogP contribution in [0.15, 0.2) is 41.8 Å². The fourth-order valence-electron chi connectivity index (χ4n) is 4.30. The highest BCUT2D eigenvalue weighted by Gasteiger charge is 2.43. The van der Waals surface area contributed by atoms with Crippen LogP contribution >= 0.6 is 11.3 Å². The van der Waals surface area contributed by atoms with E-state index in [1.807, 2.05) is 29.6 Å². The number of morpholine rings is 1. The summed E-state index contributed by atoms with van der Waals surface area (Å²) in [6, 6.07) is 10.7. The molecule has 1 N–H and O–H groups in total. The Kier molecular flexibility index (Phi) is 6.29. The first kappa shape index (κ1) is 20.5. The number of carbonyl (C=O) groups is 1. The summed E-state index contributed by atoms with van der Waals surface area (Å²) in [5.41, 5.74) is 0.854. The van der Waals surface area contributed by atoms with Gasteiger partial charge in [-0.05, 0) is 49.0 Å². The zero-order valence-corrected chi connectivity index (χ0v) is 17.6. The summed E-state index contributed by atoms with van der Waals surface area (Å²) < 4.78 is 19.5. The maximum Gasteiger partial charge on any atom is 0.250 e. The average molecular weight is 418 g/mol. The van der Waals surface area contributed by atoms with Gasteiger partial charge < -0.3 is 15.0 Å². The van der Waals surface area contributed by atoms with E-state index in [2.05, 4.69) is 22.2 Å². The Bertz CT molecular complexity index is 804. The minimum atomic E-state index is -0.433. The number of rotatable bonds is 5. The van der Waals surface area contributed by atoms with Crippen molar-refractivity contribution < 1.29 is 13.9 Å². The van der Waals surface area contributed by atoms with E-state index >= 15 is 0 Å². The number of ether oxygens (including phenoxy) is 1. The van der Waals surface area contributed by atoms with Crippen molar-refractivity contribution in [2.45, 2.75) is 37.6 Å². The van der Waals surface area contributed by atoms with Gasteiger partial charge in [0.2, 0.25) is 0 Å². The maximum absolute atomic E-state index is 13.1. The predicted molar refractivity (Wildman–Crippen MR) is 112 cm³/mol. The molecular formula is C22H28FN3O2S. The van der Waals surface area contributed by atoms with Gasteiger partial charge in [0.25, 0.3) is 5.91 Å². The number of likely N-dealkylation sites (tertiary alicyclic amines) is 1. The van der Waals surface area contributed by atoms with Gasteiger partial charge in [0.1, 0.15) is 11.9 Å². The Labute approximate surface area is 175 Å². The van der Waals surface area contributed by atoms with E-state index in [0.717, 1.165) is 49.5 Å². The van der Waals surface area contributed by atoms with Gasteiger partial charge in [-0.2, -0.15) is 0 Å². The number of benzene rings is 1. The second kappa shape index (κ2) is 8.92. The lowest BCUT2D eigenvalue weighted by Gasteiger charge is -2.48. The molecular weight excluding hydrogens is 389 g/mol. The van der Waals surface area contributed by atoms with Crippen LogP contribution in [0.25, 0.3) is 0 Å². The van der Waals surface area contributed by atoms with E-state index in [9.17, 15) is 9.18 Å². The molecule has 156 valence electrons. The van der Waals surface area contributed by atoms with Crippen LogP contribution in [0, 0.1) is 5.82 Å². The van der Waals surface area contributed by atoms with Gasteiger partial charge in [-0.25, -0.2) is 4.39 Å². The summed E-state index contributed by atoms with van der Waals surface area (Å²) in [6.07, 6.45) is 1.36. The number of nitrogens with zero attached hydrogens (tertiary/aromatic N) is 2. The fraction of sp³-hybridized carbons (Fsp3) is 0.500. The minimum absolute atomic E-state index is 0.0296. The molecule has 0 radical (unpaired) electrons. The molecule has 2 aromatic rings. The number of amides is 1. The molecule has 1 aromatic carbocycles. The van der Waals surface area contributed by atoms with E-state index in [4.69, 9.17) is 4.74 Å². The quantitative estimate of drug-likeness (QED) is 0.813. The number of nitrogens with one attached hydrogen (secondary N) is 1. The van der Waals surface area contributed by atoms with Gasteiger partial charge in [0.05, 0.1) is 12.1 Å². The lowest BCUT2D eigenvalue weighted by atomic mass is 9.88. The summed E-state index contributed by atoms with van der Waals surface area (Å²) in [7, 11) is 2.06. The third-order valence-corrected chi connectivity index (χ3v) is 6.70. The van der Waals surface area contributed by atoms with Crippen LogP contribution in [0.3, 0.4) is 0 Å². The molecule has 0 unspecified atom stereocenters. The van der Waals surface area contributed by atoms with Gasteiger partial charge in [0, 0.05) is 37.6 Å². The normalized spacial score (nSPS) is 22.6. The Morgan fingerprint density at radius 2 is 2.03 bits per heavy atom. The predicted octanol–water partition coefficient (Wildman–Crippen LogP) is 2.87. The zero-order valence-electron chi connectivity index (χ0n) is 16.8. The van der Waals surface area contributed by atoms with Crippen molar-refractivity contribution in [3.63, 3.8) is 0 Å². The molecule has 0 bridgehead atoms. The summed E-state index contributed by atoms with van der Waals surface area (Å²) >= 11 is 1.64. The number of thiophene rings is 1. The monoisotopic (exact) mass is 417 g/mol. The summed E-state index contributed by atoms with van der Waals surface area (Å²) in [5.74, 6) is -0.230. The molecule has 1 spiro atoms. The number of carbonyl (C=O) groups excluding carboxylic acids is 1. The highest BCUT2D eigenvalue weighted by atomic mass is 32.1. The van der Waals surface area contributed by atoms with Crippen molar-refractivity contribution in [3.8, 4) is 0 Å². The molecule has 4 rings (SSSR count). The zero-order chi connectivity index (χ0) is 20.3. The first-order valence-electron chi connectivity index (χ1n) is 10.1. The number of halogens is 1. The lowest BCUT2D eigenvalue weighted by Crippen LogP contribution is -2.61. The van der Waals surface area contributed by atoms with E-state index in [1.165, 1.54) is 12.1 Å². The van der Waals surface area contributed by atoms with Gasteiger partial charge in [-0.15, -0.1) is 11.3 Å². The highest BCUT2D eigenvalue weighted by Crippen LogP contribution is 2.32. The van der Waals surface area contributed by atoms with Gasteiger partial charge in [-0.1, -0.05) is 18.2 Å². The number of likely N-dealkylation sites (N-methyl/N-ethyl adjacent to an activating group) is 1. The van der Waals surface area contributed by atoms with Gasteiger partial charge >= 0.3 is 0 Å². The molecule has 0 saturated carbocycles. The molecule has 1 atom stereocenters. The molecule has 29 heavy (non-hydrogen) atoms. The minimum Gasteiger partial charge on any atom is -0.359 e. The van der Waals surface area contributed by atoms with E-state index in [1.54, 1.807) is 11.3 Å². The SMILES string of the molecule is CN1C[C@@H](C(=O)NCc2cccs2)OC2(CCN(Cc3ccc(F)cc3)CC2)C1. The maximum atomic E-state index is 13.1. The second-order valence-electron chi connectivity index (χ2n) is 8.19. The van der Waals surface area contributed by atoms with Crippen molar-refractivity contribution in [3.05, 3.63) is 58.0 Å². The molecule has 5 nitrogen and oxygen atoms in total. The first-order valence-corrected chi connectivity index (χ1v) is 11.0. The molecule has 1 amide bonds. The Balaban J connectivity index is 1.31. The molecule has 2 saturated heterocycles. The van der Waals surface area contributed by atoms with E-state index in [-0.39, 0.29) is 17.3 Å². The van der Waals surface area contributed by atoms with Crippen LogP contribution in [-0.4, -0.2) is 60.6 Å². The van der Waals surface area contributed by atoms with Gasteiger partial charge in [0.15, 0.2) is 0 Å². The third kappa shape index (κ3) is 5.22. The molecule has 7 heteroatoms. The number of piperidine rings is 1. The first-order chi connectivity index (χ1) is 14.0. The van der Waals surface area contributed by atoms with Crippen molar-refractivity contribution in [2.24, 2.45) is 0 Å². The molecule has 3 heterocycles. The highest BCUT2D eigenvalue weighted by molar-refractivity contribution is 7.09. The molecule has 0 aliphatic carbocycles. The van der Waals surface area contributed by atoms with Crippen LogP contribution in [0.4, 0.5) is 4.39 Å². The molecule has 2 aliphatic heterocycles. The van der Waals surface area contributed by atoms with Crippen molar-refractivity contribution >= 4 is 17.2 Å². The van der Waals surface area contributed by atoms with Crippen molar-refractivity contribution in [1.82, 2.24) is 15.1 Å². The van der Waals surface area contributed by atoms with E-state index in [0.29, 0.717) is 13.1 Å². The molecule has 2 aliphatic rings. The van der Waals surface area contributed by atoms with Crippen molar-refractivity contribution in [1.29, 1.82) is 0 Å². The smallest absolute Gasteiger partial charge is 0.250 e. The number of hydrogen-bond donors (Lipinski definition) is 1. The third-order valence-electron chi connectivity index (χ3n) is 5.82. The van der Waals surface area contributed by atoms with Crippen LogP contribution in [0.1, 0.15) is 23.3 Å². The Hall–Kier alpha value is -1.80. The van der Waals surface area contributed by atoms with E-state index < -0.39 is 6.10 Å². The van der Waals surface area contributed by atoms with Crippen LogP contribution in [-0.2, 0) is 22.6 Å². The van der Waals surface area contributed by atoms with Crippen LogP contribution in [0.2, 0.25) is 0 Å². The summed E-state index contributed by atoms with van der Waals surface area (Å²) in [4.78, 5) is 18.4. The lowest BCUT2D eigenvalue weighted by molar-refractivity contribution is -0.182. The Morgan fingerprint density at radius 1 is 1.28 bits per heavy atom. The summed E-state index contributed by atoms with van der Waals surface area (Å²) in [5, 5.41) is 5.04. The van der Waals surface area contributed by atoms with Gasteiger partial charge in [-0.3, -0.25) is 9.69 Å². The second-order valence-corrected chi connectivity index (χ2v) is 9.22. The number of hydrogen-bond acceptors (Lipinski definition) is 5.